The van der Waals surface area contributed by atoms with Crippen LogP contribution in [0, 0.1) is 0 Å². The summed E-state index contributed by atoms with van der Waals surface area (Å²) in [4.78, 5) is 61.7. The van der Waals surface area contributed by atoms with Crippen LogP contribution in [0.4, 0.5) is 9.59 Å². The van der Waals surface area contributed by atoms with Crippen molar-refractivity contribution in [2.24, 2.45) is 0 Å². The number of alkyl carbamates (subject to hydrolysis) is 1. The molecule has 0 aliphatic heterocycles. The molecule has 1 heterocycles. The molecule has 12 heteroatoms. The van der Waals surface area contributed by atoms with Gasteiger partial charge >= 0.3 is 24.1 Å². The van der Waals surface area contributed by atoms with E-state index in [4.69, 9.17) is 23.4 Å². The number of carbonyl (C=O) groups is 5. The molecule has 0 aliphatic rings. The zero-order valence-electron chi connectivity index (χ0n) is 27.6. The van der Waals surface area contributed by atoms with E-state index in [-0.39, 0.29) is 60.5 Å². The van der Waals surface area contributed by atoms with Gasteiger partial charge < -0.3 is 34.0 Å². The van der Waals surface area contributed by atoms with Gasteiger partial charge in [-0.1, -0.05) is 30.7 Å². The Hall–Kier alpha value is -4.61. The molecule has 1 aromatic heterocycles. The zero-order chi connectivity index (χ0) is 34.1. The Kier molecular flexibility index (Phi) is 12.2. The van der Waals surface area contributed by atoms with E-state index in [0.717, 1.165) is 0 Å². The molecule has 0 unspecified atom stereocenters. The first kappa shape index (κ1) is 35.9. The number of amides is 2. The molecule has 2 amide bonds. The Bertz CT molecular complexity index is 1470. The molecule has 0 saturated heterocycles. The Morgan fingerprint density at radius 1 is 0.674 bits per heavy atom. The molecule has 0 fully saturated rings. The number of hydrogen-bond acceptors (Lipinski definition) is 10. The number of hydrogen-bond donors (Lipinski definition) is 2. The minimum atomic E-state index is -0.777. The van der Waals surface area contributed by atoms with Crippen LogP contribution in [-0.4, -0.2) is 54.2 Å². The molecule has 0 aliphatic carbocycles. The summed E-state index contributed by atoms with van der Waals surface area (Å²) in [6.07, 6.45) is 1.15. The molecular formula is C34H44N2O10. The van der Waals surface area contributed by atoms with E-state index in [2.05, 4.69) is 10.6 Å². The van der Waals surface area contributed by atoms with E-state index in [1.165, 1.54) is 13.0 Å². The number of rotatable bonds is 13. The van der Waals surface area contributed by atoms with Crippen molar-refractivity contribution in [2.75, 3.05) is 13.1 Å². The summed E-state index contributed by atoms with van der Waals surface area (Å²) in [6, 6.07) is 8.33. The van der Waals surface area contributed by atoms with Gasteiger partial charge in [-0.15, -0.1) is 0 Å². The molecule has 0 saturated carbocycles. The second-order valence-electron chi connectivity index (χ2n) is 12.8. The third-order valence-corrected chi connectivity index (χ3v) is 6.33. The highest BCUT2D eigenvalue weighted by molar-refractivity contribution is 6.12. The Balaban J connectivity index is 1.70. The Labute approximate surface area is 268 Å². The van der Waals surface area contributed by atoms with Crippen LogP contribution in [-0.2, 0) is 19.1 Å². The first-order valence-corrected chi connectivity index (χ1v) is 15.4. The summed E-state index contributed by atoms with van der Waals surface area (Å²) < 4.78 is 27.8. The molecule has 0 atom stereocenters. The van der Waals surface area contributed by atoms with Crippen LogP contribution in [0.25, 0.3) is 21.7 Å². The number of ether oxygens (including phenoxy) is 4. The van der Waals surface area contributed by atoms with Crippen LogP contribution in [0.5, 0.6) is 11.5 Å². The lowest BCUT2D eigenvalue weighted by Gasteiger charge is -2.19. The SMILES string of the molecule is CC(=O)c1cc2c(OC(=O)CCCCCC(=O)OC(C)(C)C)c3ccccc3c(OC(=O)NCCCNC(=O)OC(C)(C)C)c2o1. The molecule has 46 heavy (non-hydrogen) atoms. The topological polar surface area (TPSA) is 159 Å². The fraction of sp³-hybridized carbons (Fsp3) is 0.500. The van der Waals surface area contributed by atoms with Gasteiger partial charge in [0.1, 0.15) is 17.0 Å². The highest BCUT2D eigenvalue weighted by Gasteiger charge is 2.25. The van der Waals surface area contributed by atoms with Gasteiger partial charge in [0.15, 0.2) is 22.9 Å². The Morgan fingerprint density at radius 2 is 1.24 bits per heavy atom. The van der Waals surface area contributed by atoms with Crippen molar-refractivity contribution < 1.29 is 47.3 Å². The largest absolute Gasteiger partial charge is 0.460 e. The Morgan fingerprint density at radius 3 is 1.83 bits per heavy atom. The van der Waals surface area contributed by atoms with Crippen LogP contribution < -0.4 is 20.1 Å². The van der Waals surface area contributed by atoms with Gasteiger partial charge in [-0.05, 0) is 66.9 Å². The molecule has 0 radical (unpaired) electrons. The number of Topliss-reactive ketones (excluding diaryl/α,β-unsaturated/α-hetero) is 1. The van der Waals surface area contributed by atoms with Gasteiger partial charge in [0.2, 0.25) is 0 Å². The van der Waals surface area contributed by atoms with E-state index < -0.39 is 29.4 Å². The molecule has 0 spiro atoms. The monoisotopic (exact) mass is 640 g/mol. The van der Waals surface area contributed by atoms with Crippen LogP contribution in [0.3, 0.4) is 0 Å². The highest BCUT2D eigenvalue weighted by Crippen LogP contribution is 2.44. The lowest BCUT2D eigenvalue weighted by atomic mass is 10.0. The van der Waals surface area contributed by atoms with Crippen molar-refractivity contribution in [1.29, 1.82) is 0 Å². The maximum absolute atomic E-state index is 12.9. The van der Waals surface area contributed by atoms with Crippen molar-refractivity contribution in [3.63, 3.8) is 0 Å². The van der Waals surface area contributed by atoms with Crippen LogP contribution >= 0.6 is 0 Å². The standard InChI is InChI=1S/C34H44N2O10/c1-21(37)25-20-24-28(43-26(38)16-9-8-10-17-27(39)45-33(2,3)4)22-14-11-12-15-23(22)29(30(24)42-25)44-31(40)35-18-13-19-36-32(41)46-34(5,6)7/h11-12,14-15,20H,8-10,13,16-19H2,1-7H3,(H,35,40)(H,36,41). The third kappa shape index (κ3) is 11.1. The molecule has 12 nitrogen and oxygen atoms in total. The predicted octanol–water partition coefficient (Wildman–Crippen LogP) is 6.99. The highest BCUT2D eigenvalue weighted by atomic mass is 16.6. The molecule has 0 bridgehead atoms. The summed E-state index contributed by atoms with van der Waals surface area (Å²) in [5.74, 6) is -0.901. The number of furan rings is 1. The van der Waals surface area contributed by atoms with E-state index in [9.17, 15) is 24.0 Å². The fourth-order valence-electron chi connectivity index (χ4n) is 4.44. The predicted molar refractivity (Wildman–Crippen MR) is 171 cm³/mol. The summed E-state index contributed by atoms with van der Waals surface area (Å²) in [5, 5.41) is 6.46. The van der Waals surface area contributed by atoms with Gasteiger partial charge in [-0.3, -0.25) is 14.4 Å². The van der Waals surface area contributed by atoms with Gasteiger partial charge in [0, 0.05) is 43.6 Å². The molecule has 3 aromatic rings. The van der Waals surface area contributed by atoms with Crippen molar-refractivity contribution in [3.05, 3.63) is 36.1 Å². The third-order valence-electron chi connectivity index (χ3n) is 6.33. The lowest BCUT2D eigenvalue weighted by molar-refractivity contribution is -0.154. The number of ketones is 1. The van der Waals surface area contributed by atoms with Crippen LogP contribution in [0.1, 0.15) is 97.5 Å². The minimum absolute atomic E-state index is 0.00298. The number of nitrogens with one attached hydrogen (secondary N) is 2. The van der Waals surface area contributed by atoms with Gasteiger partial charge in [-0.25, -0.2) is 9.59 Å². The second kappa shape index (κ2) is 15.6. The minimum Gasteiger partial charge on any atom is -0.460 e. The summed E-state index contributed by atoms with van der Waals surface area (Å²) in [6.45, 7) is 12.5. The van der Waals surface area contributed by atoms with E-state index in [1.54, 1.807) is 45.0 Å². The molecule has 250 valence electrons. The number of carbonyl (C=O) groups excluding carboxylic acids is 5. The molecule has 2 N–H and O–H groups in total. The average Bonchev–Trinajstić information content (AvgIpc) is 3.38. The van der Waals surface area contributed by atoms with Gasteiger partial charge in [-0.2, -0.15) is 0 Å². The number of fused-ring (bicyclic) bond motifs is 2. The smallest absolute Gasteiger partial charge is 0.412 e. The quantitative estimate of drug-likeness (QED) is 0.0863. The number of benzene rings is 2. The van der Waals surface area contributed by atoms with Crippen LogP contribution in [0.2, 0.25) is 0 Å². The second-order valence-corrected chi connectivity index (χ2v) is 12.8. The average molecular weight is 641 g/mol. The molecule has 3 rings (SSSR count). The van der Waals surface area contributed by atoms with E-state index in [1.807, 2.05) is 20.8 Å². The van der Waals surface area contributed by atoms with Crippen molar-refractivity contribution in [3.8, 4) is 11.5 Å². The summed E-state index contributed by atoms with van der Waals surface area (Å²) >= 11 is 0. The lowest BCUT2D eigenvalue weighted by Crippen LogP contribution is -2.35. The first-order valence-electron chi connectivity index (χ1n) is 15.4. The van der Waals surface area contributed by atoms with Gasteiger partial charge in [0.05, 0.1) is 5.39 Å². The van der Waals surface area contributed by atoms with Crippen LogP contribution in [0.15, 0.2) is 34.7 Å². The van der Waals surface area contributed by atoms with E-state index >= 15 is 0 Å². The fourth-order valence-corrected chi connectivity index (χ4v) is 4.44. The summed E-state index contributed by atoms with van der Waals surface area (Å²) in [5.41, 5.74) is -1.09. The number of esters is 2. The first-order chi connectivity index (χ1) is 21.5. The molecule has 2 aromatic carbocycles. The zero-order valence-corrected chi connectivity index (χ0v) is 27.6. The maximum Gasteiger partial charge on any atom is 0.412 e. The molecular weight excluding hydrogens is 596 g/mol. The van der Waals surface area contributed by atoms with E-state index in [0.29, 0.717) is 41.8 Å². The normalized spacial score (nSPS) is 11.6. The van der Waals surface area contributed by atoms with Crippen molar-refractivity contribution >= 4 is 51.7 Å². The number of unbranched alkanes of at least 4 members (excludes halogenated alkanes) is 2. The maximum atomic E-state index is 12.9. The van der Waals surface area contributed by atoms with Crippen molar-refractivity contribution in [1.82, 2.24) is 10.6 Å². The summed E-state index contributed by atoms with van der Waals surface area (Å²) in [7, 11) is 0. The van der Waals surface area contributed by atoms with Crippen molar-refractivity contribution in [2.45, 2.75) is 98.2 Å². The van der Waals surface area contributed by atoms with Gasteiger partial charge in [0.25, 0.3) is 0 Å².